The van der Waals surface area contributed by atoms with Gasteiger partial charge in [-0.15, -0.1) is 0 Å². The Labute approximate surface area is 141 Å². The number of sulfonamides is 1. The van der Waals surface area contributed by atoms with E-state index in [1.54, 1.807) is 13.0 Å². The molecule has 0 bridgehead atoms. The molecule has 1 aromatic carbocycles. The molecule has 0 fully saturated rings. The number of aryl methyl sites for hydroxylation is 1. The predicted molar refractivity (Wildman–Crippen MR) is 89.6 cm³/mol. The summed E-state index contributed by atoms with van der Waals surface area (Å²) in [6.45, 7) is 2.91. The van der Waals surface area contributed by atoms with Crippen molar-refractivity contribution in [1.29, 1.82) is 0 Å². The molecule has 126 valence electrons. The lowest BCUT2D eigenvalue weighted by atomic mass is 10.0. The van der Waals surface area contributed by atoms with Gasteiger partial charge in [0.25, 0.3) is 10.0 Å². The lowest BCUT2D eigenvalue weighted by Crippen LogP contribution is -2.32. The van der Waals surface area contributed by atoms with Crippen LogP contribution in [-0.4, -0.2) is 34.4 Å². The Bertz CT molecular complexity index is 933. The van der Waals surface area contributed by atoms with E-state index in [1.807, 2.05) is 0 Å². The van der Waals surface area contributed by atoms with Gasteiger partial charge in [-0.2, -0.15) is 9.47 Å². The maximum atomic E-state index is 12.5. The Kier molecular flexibility index (Phi) is 5.17. The van der Waals surface area contributed by atoms with E-state index >= 15 is 0 Å². The summed E-state index contributed by atoms with van der Waals surface area (Å²) in [6, 6.07) is 5.80. The van der Waals surface area contributed by atoms with Gasteiger partial charge in [0, 0.05) is 22.7 Å². The largest absolute Gasteiger partial charge is 0.294 e. The lowest BCUT2D eigenvalue weighted by Gasteiger charge is -2.07. The van der Waals surface area contributed by atoms with Crippen LogP contribution in [0.5, 0.6) is 0 Å². The normalized spacial score (nSPS) is 12.0. The number of aromatic nitrogens is 2. The molecule has 1 aromatic heterocycles. The van der Waals surface area contributed by atoms with Crippen molar-refractivity contribution >= 4 is 43.3 Å². The number of primary sulfonamides is 1. The molecule has 11 heteroatoms. The molecule has 0 radical (unpaired) electrons. The Morgan fingerprint density at radius 2 is 1.88 bits per heavy atom. The van der Waals surface area contributed by atoms with Crippen molar-refractivity contribution in [3.05, 3.63) is 41.2 Å². The van der Waals surface area contributed by atoms with Crippen molar-refractivity contribution < 1.29 is 18.0 Å². The van der Waals surface area contributed by atoms with Crippen LogP contribution in [0.25, 0.3) is 0 Å². The first-order chi connectivity index (χ1) is 11.2. The Morgan fingerprint density at radius 1 is 1.25 bits per heavy atom. The van der Waals surface area contributed by atoms with Crippen molar-refractivity contribution in [1.82, 2.24) is 9.36 Å². The number of anilines is 1. The standard InChI is InChI=1S/C13H13N5O4S2/c1-7(19)9-5-3-4-6-10(9)11(20)12(24(14,21)22)16-17-13-15-8(2)18-23-13/h3-6H,1-2H3,(H2,14,21,22)(H,15,17,18). The summed E-state index contributed by atoms with van der Waals surface area (Å²) >= 11 is 0.937. The molecule has 0 unspecified atom stereocenters. The van der Waals surface area contributed by atoms with Gasteiger partial charge in [0.1, 0.15) is 5.82 Å². The third kappa shape index (κ3) is 4.07. The molecule has 3 N–H and O–H groups in total. The zero-order chi connectivity index (χ0) is 17.9. The Morgan fingerprint density at radius 3 is 2.38 bits per heavy atom. The van der Waals surface area contributed by atoms with Crippen LogP contribution >= 0.6 is 11.5 Å². The van der Waals surface area contributed by atoms with Gasteiger partial charge in [-0.25, -0.2) is 24.0 Å². The number of nitrogens with one attached hydrogen (secondary N) is 1. The highest BCUT2D eigenvalue weighted by Crippen LogP contribution is 2.14. The first-order valence-corrected chi connectivity index (χ1v) is 8.83. The zero-order valence-corrected chi connectivity index (χ0v) is 14.3. The highest BCUT2D eigenvalue weighted by atomic mass is 32.2. The quantitative estimate of drug-likeness (QED) is 0.346. The van der Waals surface area contributed by atoms with E-state index in [4.69, 9.17) is 5.14 Å². The van der Waals surface area contributed by atoms with Gasteiger partial charge >= 0.3 is 0 Å². The SMILES string of the molecule is CC(=O)c1ccccc1C(=O)C(=NNc1nc(C)ns1)S(N)(=O)=O. The molecule has 9 nitrogen and oxygen atoms in total. The van der Waals surface area contributed by atoms with Crippen LogP contribution in [0.1, 0.15) is 33.5 Å². The van der Waals surface area contributed by atoms with Crippen LogP contribution in [0.2, 0.25) is 0 Å². The summed E-state index contributed by atoms with van der Waals surface area (Å²) in [5.74, 6) is -0.916. The van der Waals surface area contributed by atoms with E-state index in [1.165, 1.54) is 25.1 Å². The van der Waals surface area contributed by atoms with Crippen LogP contribution < -0.4 is 10.6 Å². The number of nitrogens with two attached hydrogens (primary N) is 1. The van der Waals surface area contributed by atoms with Crippen LogP contribution in [0.15, 0.2) is 29.4 Å². The number of carbonyl (C=O) groups excluding carboxylic acids is 2. The second-order valence-corrected chi connectivity index (χ2v) is 6.88. The van der Waals surface area contributed by atoms with Gasteiger partial charge in [-0.3, -0.25) is 9.59 Å². The molecule has 0 saturated carbocycles. The van der Waals surface area contributed by atoms with Gasteiger partial charge in [-0.1, -0.05) is 24.3 Å². The lowest BCUT2D eigenvalue weighted by molar-refractivity contribution is 0.0998. The first-order valence-electron chi connectivity index (χ1n) is 6.51. The van der Waals surface area contributed by atoms with Gasteiger partial charge in [0.2, 0.25) is 16.0 Å². The molecule has 1 heterocycles. The minimum Gasteiger partial charge on any atom is -0.294 e. The number of benzene rings is 1. The third-order valence-corrected chi connectivity index (χ3v) is 4.32. The molecule has 2 aromatic rings. The van der Waals surface area contributed by atoms with Crippen LogP contribution in [0.3, 0.4) is 0 Å². The fourth-order valence-electron chi connectivity index (χ4n) is 1.79. The summed E-state index contributed by atoms with van der Waals surface area (Å²) < 4.78 is 27.3. The second-order valence-electron chi connectivity index (χ2n) is 4.65. The predicted octanol–water partition coefficient (Wildman–Crippen LogP) is 0.946. The van der Waals surface area contributed by atoms with Crippen molar-refractivity contribution in [3.8, 4) is 0 Å². The van der Waals surface area contributed by atoms with Crippen LogP contribution in [0, 0.1) is 6.92 Å². The molecule has 0 amide bonds. The van der Waals surface area contributed by atoms with E-state index in [2.05, 4.69) is 19.9 Å². The van der Waals surface area contributed by atoms with Crippen molar-refractivity contribution in [3.63, 3.8) is 0 Å². The molecule has 0 atom stereocenters. The Balaban J connectivity index is 2.46. The summed E-state index contributed by atoms with van der Waals surface area (Å²) in [4.78, 5) is 28.1. The van der Waals surface area contributed by atoms with Gasteiger partial charge in [0.15, 0.2) is 5.78 Å². The summed E-state index contributed by atoms with van der Waals surface area (Å²) in [5, 5.41) is 7.90. The maximum Gasteiger partial charge on any atom is 0.261 e. The number of carbonyl (C=O) groups is 2. The monoisotopic (exact) mass is 367 g/mol. The van der Waals surface area contributed by atoms with E-state index in [0.29, 0.717) is 5.82 Å². The van der Waals surface area contributed by atoms with Gasteiger partial charge in [0.05, 0.1) is 0 Å². The molecule has 0 aliphatic carbocycles. The molecule has 0 aliphatic rings. The minimum absolute atomic E-state index is 0.0746. The zero-order valence-electron chi connectivity index (χ0n) is 12.7. The average Bonchev–Trinajstić information content (AvgIpc) is 2.91. The number of rotatable bonds is 5. The third-order valence-electron chi connectivity index (χ3n) is 2.80. The maximum absolute atomic E-state index is 12.5. The van der Waals surface area contributed by atoms with Crippen molar-refractivity contribution in [2.24, 2.45) is 10.2 Å². The molecular weight excluding hydrogens is 354 g/mol. The number of nitrogens with zero attached hydrogens (tertiary/aromatic N) is 3. The van der Waals surface area contributed by atoms with Gasteiger partial charge < -0.3 is 0 Å². The van der Waals surface area contributed by atoms with Crippen molar-refractivity contribution in [2.45, 2.75) is 13.8 Å². The fraction of sp³-hybridized carbons (Fsp3) is 0.154. The van der Waals surface area contributed by atoms with Crippen LogP contribution in [0.4, 0.5) is 5.13 Å². The van der Waals surface area contributed by atoms with E-state index in [0.717, 1.165) is 11.5 Å². The van der Waals surface area contributed by atoms with Gasteiger partial charge in [-0.05, 0) is 13.8 Å². The fourth-order valence-corrected chi connectivity index (χ4v) is 2.85. The highest BCUT2D eigenvalue weighted by Gasteiger charge is 2.28. The number of hydrogen-bond acceptors (Lipinski definition) is 9. The number of hydrogen-bond donors (Lipinski definition) is 2. The average molecular weight is 367 g/mol. The molecule has 0 aliphatic heterocycles. The highest BCUT2D eigenvalue weighted by molar-refractivity contribution is 8.06. The Hall–Kier alpha value is -2.50. The second kappa shape index (κ2) is 6.95. The summed E-state index contributed by atoms with van der Waals surface area (Å²) in [5.41, 5.74) is 2.31. The number of ketones is 2. The molecular formula is C13H13N5O4S2. The van der Waals surface area contributed by atoms with E-state index in [-0.39, 0.29) is 22.0 Å². The topological polar surface area (TPSA) is 144 Å². The molecule has 0 saturated heterocycles. The summed E-state index contributed by atoms with van der Waals surface area (Å²) in [6.07, 6.45) is 0. The molecule has 24 heavy (non-hydrogen) atoms. The molecule has 2 rings (SSSR count). The first kappa shape index (κ1) is 17.8. The summed E-state index contributed by atoms with van der Waals surface area (Å²) in [7, 11) is -4.43. The van der Waals surface area contributed by atoms with E-state index in [9.17, 15) is 18.0 Å². The number of hydrazone groups is 1. The van der Waals surface area contributed by atoms with Crippen molar-refractivity contribution in [2.75, 3.05) is 5.43 Å². The van der Waals surface area contributed by atoms with Crippen LogP contribution in [-0.2, 0) is 10.0 Å². The molecule has 0 spiro atoms. The minimum atomic E-state index is -4.43. The number of Topliss-reactive ketones (excluding diaryl/α,β-unsaturated/α-hetero) is 2. The van der Waals surface area contributed by atoms with E-state index < -0.39 is 20.9 Å². The smallest absolute Gasteiger partial charge is 0.261 e.